The normalized spacial score (nSPS) is 14.8. The first-order chi connectivity index (χ1) is 12.9. The molecule has 26 heavy (non-hydrogen) atoms. The van der Waals surface area contributed by atoms with Crippen LogP contribution in [0.25, 0.3) is 21.5 Å². The van der Waals surface area contributed by atoms with E-state index in [0.717, 1.165) is 23.0 Å². The van der Waals surface area contributed by atoms with Crippen molar-refractivity contribution < 1.29 is 0 Å². The summed E-state index contributed by atoms with van der Waals surface area (Å²) < 4.78 is 0. The lowest BCUT2D eigenvalue weighted by molar-refractivity contribution is 1.32. The molecule has 128 valence electrons. The summed E-state index contributed by atoms with van der Waals surface area (Å²) in [5, 5.41) is 5.72. The minimum atomic E-state index is 1.05. The van der Waals surface area contributed by atoms with Crippen LogP contribution in [-0.2, 0) is 23.0 Å². The smallest absolute Gasteiger partial charge is 0.0200 e. The van der Waals surface area contributed by atoms with Crippen molar-refractivity contribution >= 4 is 45.1 Å². The highest BCUT2D eigenvalue weighted by molar-refractivity contribution is 7.98. The van der Waals surface area contributed by atoms with E-state index in [4.69, 9.17) is 0 Å². The maximum absolute atomic E-state index is 2.38. The fraction of sp³-hybridized carbons (Fsp3) is 0.167. The average molecular weight is 373 g/mol. The zero-order valence-corrected chi connectivity index (χ0v) is 16.2. The van der Waals surface area contributed by atoms with Crippen LogP contribution in [0.3, 0.4) is 0 Å². The van der Waals surface area contributed by atoms with E-state index in [1.54, 1.807) is 0 Å². The number of benzene rings is 4. The minimum absolute atomic E-state index is 1.05. The standard InChI is InChI=1S/C24H20S2/c1-2-9-20-19(8-1)23-15-25-13-17-6-5-7-18(12-17)14-26-16-24(20)22-11-4-3-10-21(22)23/h1-12H,13-16H2. The largest absolute Gasteiger partial charge is 0.152 e. The van der Waals surface area contributed by atoms with Gasteiger partial charge >= 0.3 is 0 Å². The van der Waals surface area contributed by atoms with Crippen molar-refractivity contribution in [2.45, 2.75) is 23.0 Å². The molecule has 0 spiro atoms. The van der Waals surface area contributed by atoms with E-state index in [1.165, 1.54) is 43.8 Å². The topological polar surface area (TPSA) is 0 Å². The molecule has 2 heteroatoms. The van der Waals surface area contributed by atoms with Crippen molar-refractivity contribution in [1.82, 2.24) is 0 Å². The van der Waals surface area contributed by atoms with Crippen LogP contribution in [0.15, 0.2) is 72.8 Å². The van der Waals surface area contributed by atoms with Gasteiger partial charge in [0.15, 0.2) is 0 Å². The molecule has 2 aliphatic rings. The lowest BCUT2D eigenvalue weighted by Crippen LogP contribution is -1.94. The van der Waals surface area contributed by atoms with Crippen LogP contribution in [0.1, 0.15) is 22.3 Å². The van der Waals surface area contributed by atoms with Gasteiger partial charge in [0.05, 0.1) is 0 Å². The molecule has 0 atom stereocenters. The molecule has 0 saturated carbocycles. The Balaban J connectivity index is 1.75. The van der Waals surface area contributed by atoms with Gasteiger partial charge in [-0.15, -0.1) is 0 Å². The monoisotopic (exact) mass is 372 g/mol. The molecular formula is C24H20S2. The Morgan fingerprint density at radius 2 is 0.885 bits per heavy atom. The maximum atomic E-state index is 2.38. The van der Waals surface area contributed by atoms with E-state index >= 15 is 0 Å². The number of hydrogen-bond acceptors (Lipinski definition) is 2. The van der Waals surface area contributed by atoms with Crippen molar-refractivity contribution in [2.24, 2.45) is 0 Å². The van der Waals surface area contributed by atoms with Crippen molar-refractivity contribution in [3.05, 3.63) is 95.1 Å². The van der Waals surface area contributed by atoms with Crippen molar-refractivity contribution in [2.75, 3.05) is 0 Å². The number of rotatable bonds is 0. The summed E-state index contributed by atoms with van der Waals surface area (Å²) in [7, 11) is 0. The van der Waals surface area contributed by atoms with E-state index in [0.29, 0.717) is 0 Å². The van der Waals surface area contributed by atoms with Gasteiger partial charge in [-0.2, -0.15) is 23.5 Å². The Hall–Kier alpha value is -1.90. The van der Waals surface area contributed by atoms with Gasteiger partial charge in [0.25, 0.3) is 0 Å². The fourth-order valence-electron chi connectivity index (χ4n) is 3.97. The van der Waals surface area contributed by atoms with Crippen LogP contribution in [0, 0.1) is 0 Å². The Morgan fingerprint density at radius 1 is 0.462 bits per heavy atom. The second kappa shape index (κ2) is 7.02. The Bertz CT molecular complexity index is 958. The number of thioether (sulfide) groups is 2. The Morgan fingerprint density at radius 3 is 1.31 bits per heavy atom. The quantitative estimate of drug-likeness (QED) is 0.300. The first-order valence-electron chi connectivity index (χ1n) is 9.04. The first-order valence-corrected chi connectivity index (χ1v) is 11.4. The molecule has 6 rings (SSSR count). The summed E-state index contributed by atoms with van der Waals surface area (Å²) in [6, 6.07) is 27.1. The second-order valence-electron chi connectivity index (χ2n) is 6.85. The molecule has 4 aromatic carbocycles. The number of hydrogen-bond donors (Lipinski definition) is 0. The third kappa shape index (κ3) is 2.91. The molecule has 0 unspecified atom stereocenters. The van der Waals surface area contributed by atoms with Crippen LogP contribution in [0.2, 0.25) is 0 Å². The van der Waals surface area contributed by atoms with Crippen molar-refractivity contribution in [3.8, 4) is 0 Å². The van der Waals surface area contributed by atoms with Gasteiger partial charge in [0.2, 0.25) is 0 Å². The highest BCUT2D eigenvalue weighted by Crippen LogP contribution is 2.38. The maximum Gasteiger partial charge on any atom is 0.0200 e. The molecule has 2 heterocycles. The van der Waals surface area contributed by atoms with Crippen molar-refractivity contribution in [1.29, 1.82) is 0 Å². The van der Waals surface area contributed by atoms with Gasteiger partial charge in [-0.05, 0) is 43.8 Å². The highest BCUT2D eigenvalue weighted by atomic mass is 32.2. The van der Waals surface area contributed by atoms with Crippen molar-refractivity contribution in [3.63, 3.8) is 0 Å². The molecule has 0 fully saturated rings. The lowest BCUT2D eigenvalue weighted by atomic mass is 9.93. The summed E-state index contributed by atoms with van der Waals surface area (Å²) in [6.45, 7) is 0. The van der Waals surface area contributed by atoms with Gasteiger partial charge in [-0.3, -0.25) is 0 Å². The zero-order valence-electron chi connectivity index (χ0n) is 14.6. The predicted molar refractivity (Wildman–Crippen MR) is 118 cm³/mol. The summed E-state index contributed by atoms with van der Waals surface area (Å²) >= 11 is 4.06. The molecule has 4 aromatic rings. The van der Waals surface area contributed by atoms with Gasteiger partial charge in [0.1, 0.15) is 0 Å². The SMILES string of the molecule is c1cc2cc(c1)CSCc1c3ccccc3c(c3ccccc13)CSC2. The van der Waals surface area contributed by atoms with Gasteiger partial charge < -0.3 is 0 Å². The average Bonchev–Trinajstić information content (AvgIpc) is 2.70. The van der Waals surface area contributed by atoms with E-state index < -0.39 is 0 Å². The van der Waals surface area contributed by atoms with E-state index in [9.17, 15) is 0 Å². The van der Waals surface area contributed by atoms with Gasteiger partial charge in [-0.1, -0.05) is 72.8 Å². The molecule has 0 saturated heterocycles. The third-order valence-electron chi connectivity index (χ3n) is 5.18. The Labute approximate surface area is 163 Å². The molecule has 0 nitrogen and oxygen atoms in total. The summed E-state index contributed by atoms with van der Waals surface area (Å²) in [5.74, 6) is 4.25. The molecule has 2 aliphatic heterocycles. The lowest BCUT2D eigenvalue weighted by Gasteiger charge is -2.16. The minimum Gasteiger partial charge on any atom is -0.152 e. The first kappa shape index (κ1) is 16.3. The van der Waals surface area contributed by atoms with Crippen LogP contribution in [0.5, 0.6) is 0 Å². The molecule has 0 amide bonds. The molecule has 0 aliphatic carbocycles. The third-order valence-corrected chi connectivity index (χ3v) is 7.24. The van der Waals surface area contributed by atoms with Crippen LogP contribution >= 0.6 is 23.5 Å². The molecule has 4 bridgehead atoms. The second-order valence-corrected chi connectivity index (χ2v) is 8.83. The van der Waals surface area contributed by atoms with E-state index in [2.05, 4.69) is 72.8 Å². The molecule has 0 N–H and O–H groups in total. The summed E-state index contributed by atoms with van der Waals surface area (Å²) in [6.07, 6.45) is 0. The number of fused-ring (bicyclic) bond motifs is 4. The predicted octanol–water partition coefficient (Wildman–Crippen LogP) is 7.17. The molecular weight excluding hydrogens is 352 g/mol. The Kier molecular flexibility index (Phi) is 4.40. The zero-order chi connectivity index (χ0) is 17.3. The molecule has 0 radical (unpaired) electrons. The van der Waals surface area contributed by atoms with Gasteiger partial charge in [-0.25, -0.2) is 0 Å². The van der Waals surface area contributed by atoms with Crippen LogP contribution in [0.4, 0.5) is 0 Å². The summed E-state index contributed by atoms with van der Waals surface area (Å²) in [4.78, 5) is 0. The van der Waals surface area contributed by atoms with Crippen LogP contribution in [-0.4, -0.2) is 0 Å². The van der Waals surface area contributed by atoms with E-state index in [1.807, 2.05) is 23.5 Å². The molecule has 0 aromatic heterocycles. The fourth-order valence-corrected chi connectivity index (χ4v) is 6.04. The van der Waals surface area contributed by atoms with E-state index in [-0.39, 0.29) is 0 Å². The van der Waals surface area contributed by atoms with Crippen LogP contribution < -0.4 is 0 Å². The summed E-state index contributed by atoms with van der Waals surface area (Å²) in [5.41, 5.74) is 5.86. The van der Waals surface area contributed by atoms with Gasteiger partial charge in [0, 0.05) is 23.0 Å². The highest BCUT2D eigenvalue weighted by Gasteiger charge is 2.14.